The summed E-state index contributed by atoms with van der Waals surface area (Å²) in [7, 11) is 0. The van der Waals surface area contributed by atoms with Gasteiger partial charge in [0.25, 0.3) is 0 Å². The van der Waals surface area contributed by atoms with Crippen molar-refractivity contribution in [3.8, 4) is 11.5 Å². The first-order chi connectivity index (χ1) is 15.2. The Labute approximate surface area is 198 Å². The van der Waals surface area contributed by atoms with Gasteiger partial charge in [-0.1, -0.05) is 39.8 Å². The summed E-state index contributed by atoms with van der Waals surface area (Å²) < 4.78 is 0. The molecule has 1 aromatic carbocycles. The maximum Gasteiger partial charge on any atom is 0.309 e. The second-order valence-corrected chi connectivity index (χ2v) is 13.2. The second kappa shape index (κ2) is 6.58. The summed E-state index contributed by atoms with van der Waals surface area (Å²) in [6.07, 6.45) is 11.4. The molecule has 0 bridgehead atoms. The average molecular weight is 453 g/mol. The number of carboxylic acid groups (broad SMARTS) is 1. The van der Waals surface area contributed by atoms with Crippen molar-refractivity contribution in [3.05, 3.63) is 28.8 Å². The molecule has 0 amide bonds. The lowest BCUT2D eigenvalue weighted by molar-refractivity contribution is -0.204. The minimum atomic E-state index is -0.640. The molecule has 180 valence electrons. The number of carboxylic acids is 1. The zero-order valence-electron chi connectivity index (χ0n) is 21.1. The number of carbonyl (C=O) groups is 1. The fourth-order valence-corrected chi connectivity index (χ4v) is 9.01. The van der Waals surface area contributed by atoms with Crippen LogP contribution in [0.15, 0.2) is 12.1 Å². The molecule has 0 heterocycles. The molecule has 0 aliphatic heterocycles. The van der Waals surface area contributed by atoms with Gasteiger partial charge in [-0.25, -0.2) is 0 Å². The molecule has 0 aromatic heterocycles. The molecule has 7 atom stereocenters. The molecular formula is C29H40O4. The molecule has 2 unspecified atom stereocenters. The SMILES string of the molecule is Cc1c(O)c(O)cc2c1C=CC1[C@@]2(C)CC[C@@]2(C)C3C[C@](C)(C(=O)O)CC[C@]3(C)CC[C@]12C. The van der Waals surface area contributed by atoms with Crippen LogP contribution < -0.4 is 0 Å². The largest absolute Gasteiger partial charge is 0.504 e. The van der Waals surface area contributed by atoms with Gasteiger partial charge in [0.1, 0.15) is 0 Å². The van der Waals surface area contributed by atoms with E-state index in [-0.39, 0.29) is 33.2 Å². The first-order valence-electron chi connectivity index (χ1n) is 12.7. The number of aliphatic carboxylic acids is 1. The number of hydrogen-bond acceptors (Lipinski definition) is 3. The van der Waals surface area contributed by atoms with Gasteiger partial charge in [0, 0.05) is 11.0 Å². The predicted octanol–water partition coefficient (Wildman–Crippen LogP) is 6.80. The third kappa shape index (κ3) is 2.67. The second-order valence-electron chi connectivity index (χ2n) is 13.2. The molecule has 3 N–H and O–H groups in total. The van der Waals surface area contributed by atoms with Crippen molar-refractivity contribution in [2.24, 2.45) is 33.5 Å². The lowest BCUT2D eigenvalue weighted by Crippen LogP contribution is -2.65. The number of phenols is 2. The fraction of sp³-hybridized carbons (Fsp3) is 0.690. The Morgan fingerprint density at radius 3 is 2.24 bits per heavy atom. The highest BCUT2D eigenvalue weighted by molar-refractivity contribution is 5.74. The number of aromatic hydroxyl groups is 2. The predicted molar refractivity (Wildman–Crippen MR) is 130 cm³/mol. The van der Waals surface area contributed by atoms with Crippen molar-refractivity contribution in [1.82, 2.24) is 0 Å². The zero-order valence-corrected chi connectivity index (χ0v) is 21.1. The van der Waals surface area contributed by atoms with Crippen LogP contribution in [0, 0.1) is 40.4 Å². The van der Waals surface area contributed by atoms with Crippen LogP contribution in [0.2, 0.25) is 0 Å². The van der Waals surface area contributed by atoms with Crippen LogP contribution >= 0.6 is 0 Å². The monoisotopic (exact) mass is 452 g/mol. The van der Waals surface area contributed by atoms with E-state index in [9.17, 15) is 20.1 Å². The van der Waals surface area contributed by atoms with Gasteiger partial charge in [-0.15, -0.1) is 0 Å². The third-order valence-corrected chi connectivity index (χ3v) is 11.7. The lowest BCUT2D eigenvalue weighted by Gasteiger charge is -2.71. The highest BCUT2D eigenvalue weighted by Crippen LogP contribution is 2.75. The van der Waals surface area contributed by atoms with E-state index in [2.05, 4.69) is 39.8 Å². The number of rotatable bonds is 1. The number of phenolic OH excluding ortho intramolecular Hbond substituents is 2. The smallest absolute Gasteiger partial charge is 0.309 e. The summed E-state index contributed by atoms with van der Waals surface area (Å²) in [5, 5.41) is 30.9. The Kier molecular flexibility index (Phi) is 4.55. The molecule has 1 aromatic rings. The molecule has 0 radical (unpaired) electrons. The summed E-state index contributed by atoms with van der Waals surface area (Å²) in [4.78, 5) is 12.3. The van der Waals surface area contributed by atoms with Crippen molar-refractivity contribution in [2.45, 2.75) is 91.9 Å². The van der Waals surface area contributed by atoms with Gasteiger partial charge in [-0.05, 0) is 104 Å². The van der Waals surface area contributed by atoms with Crippen LogP contribution in [0.4, 0.5) is 0 Å². The Hall–Kier alpha value is -1.97. The average Bonchev–Trinajstić information content (AvgIpc) is 2.75. The summed E-state index contributed by atoms with van der Waals surface area (Å²) in [5.41, 5.74) is 2.49. The van der Waals surface area contributed by atoms with E-state index >= 15 is 0 Å². The van der Waals surface area contributed by atoms with Gasteiger partial charge in [0.2, 0.25) is 0 Å². The van der Waals surface area contributed by atoms with Gasteiger partial charge in [0.15, 0.2) is 11.5 Å². The van der Waals surface area contributed by atoms with Crippen molar-refractivity contribution < 1.29 is 20.1 Å². The van der Waals surface area contributed by atoms with Gasteiger partial charge < -0.3 is 15.3 Å². The van der Waals surface area contributed by atoms with E-state index in [4.69, 9.17) is 0 Å². The van der Waals surface area contributed by atoms with E-state index in [1.54, 1.807) is 6.07 Å². The number of benzene rings is 1. The van der Waals surface area contributed by atoms with Crippen LogP contribution in [-0.4, -0.2) is 21.3 Å². The van der Waals surface area contributed by atoms with Gasteiger partial charge in [-0.3, -0.25) is 4.79 Å². The van der Waals surface area contributed by atoms with E-state index < -0.39 is 11.4 Å². The Balaban J connectivity index is 1.63. The topological polar surface area (TPSA) is 77.8 Å². The molecule has 4 nitrogen and oxygen atoms in total. The lowest BCUT2D eigenvalue weighted by atomic mass is 9.33. The third-order valence-electron chi connectivity index (χ3n) is 11.7. The maximum absolute atomic E-state index is 12.3. The molecule has 5 rings (SSSR count). The molecular weight excluding hydrogens is 412 g/mol. The Morgan fingerprint density at radius 1 is 0.939 bits per heavy atom. The molecule has 0 spiro atoms. The van der Waals surface area contributed by atoms with Crippen molar-refractivity contribution >= 4 is 12.0 Å². The first kappa shape index (κ1) is 22.8. The number of fused-ring (bicyclic) bond motifs is 7. The Morgan fingerprint density at radius 2 is 1.58 bits per heavy atom. The quantitative estimate of drug-likeness (QED) is 0.409. The van der Waals surface area contributed by atoms with Crippen LogP contribution in [-0.2, 0) is 10.2 Å². The van der Waals surface area contributed by atoms with E-state index in [1.807, 2.05) is 13.8 Å². The van der Waals surface area contributed by atoms with Crippen molar-refractivity contribution in [3.63, 3.8) is 0 Å². The summed E-state index contributed by atoms with van der Waals surface area (Å²) in [6.45, 7) is 13.5. The number of allylic oxidation sites excluding steroid dienone is 1. The van der Waals surface area contributed by atoms with Crippen molar-refractivity contribution in [2.75, 3.05) is 0 Å². The standard InChI is InChI=1S/C29H40O4/c1-17-18-7-8-21-27(4,19(18)15-20(30)23(17)31)12-14-29(6)22-16-26(3,24(32)33)10-9-25(22,2)11-13-28(21,29)5/h7-8,15,21-22,30-31H,9-14,16H2,1-6H3,(H,32,33)/t21?,22?,25-,26-,27+,28-,29+/m1/s1. The van der Waals surface area contributed by atoms with Gasteiger partial charge in [-0.2, -0.15) is 0 Å². The van der Waals surface area contributed by atoms with E-state index in [1.165, 1.54) is 0 Å². The molecule has 4 heteroatoms. The summed E-state index contributed by atoms with van der Waals surface area (Å²) in [5.74, 6) is 0.00465. The number of hydrogen-bond donors (Lipinski definition) is 3. The Bertz CT molecular complexity index is 1070. The highest BCUT2D eigenvalue weighted by atomic mass is 16.4. The molecule has 4 aliphatic rings. The van der Waals surface area contributed by atoms with Crippen LogP contribution in [0.5, 0.6) is 11.5 Å². The maximum atomic E-state index is 12.3. The molecule has 3 fully saturated rings. The zero-order chi connectivity index (χ0) is 24.2. The first-order valence-corrected chi connectivity index (χ1v) is 12.7. The summed E-state index contributed by atoms with van der Waals surface area (Å²) in [6, 6.07) is 1.80. The highest BCUT2D eigenvalue weighted by Gasteiger charge is 2.68. The minimum Gasteiger partial charge on any atom is -0.504 e. The van der Waals surface area contributed by atoms with Crippen molar-refractivity contribution in [1.29, 1.82) is 0 Å². The van der Waals surface area contributed by atoms with Crippen LogP contribution in [0.3, 0.4) is 0 Å². The molecule has 4 aliphatic carbocycles. The van der Waals surface area contributed by atoms with E-state index in [0.717, 1.165) is 61.6 Å². The summed E-state index contributed by atoms with van der Waals surface area (Å²) >= 11 is 0. The van der Waals surface area contributed by atoms with Gasteiger partial charge in [0.05, 0.1) is 5.41 Å². The van der Waals surface area contributed by atoms with E-state index in [0.29, 0.717) is 11.8 Å². The van der Waals surface area contributed by atoms with Gasteiger partial charge >= 0.3 is 5.97 Å². The minimum absolute atomic E-state index is 0.0177. The van der Waals surface area contributed by atoms with Crippen LogP contribution in [0.25, 0.3) is 6.08 Å². The fourth-order valence-electron chi connectivity index (χ4n) is 9.01. The normalized spacial score (nSPS) is 46.0. The molecule has 33 heavy (non-hydrogen) atoms. The van der Waals surface area contributed by atoms with Crippen LogP contribution in [0.1, 0.15) is 96.3 Å². The molecule has 0 saturated heterocycles. The molecule has 3 saturated carbocycles.